The molecule has 2 aliphatic rings. The summed E-state index contributed by atoms with van der Waals surface area (Å²) in [5.74, 6) is 2.74. The van der Waals surface area contributed by atoms with Crippen molar-refractivity contribution in [2.45, 2.75) is 58.0 Å². The number of ether oxygens (including phenoxy) is 2. The minimum Gasteiger partial charge on any atom is -0.490 e. The van der Waals surface area contributed by atoms with Crippen LogP contribution in [0.5, 0.6) is 11.5 Å². The maximum absolute atomic E-state index is 5.90. The maximum Gasteiger partial charge on any atom is 0.165 e. The van der Waals surface area contributed by atoms with Gasteiger partial charge in [-0.25, -0.2) is 0 Å². The molecule has 0 saturated heterocycles. The quantitative estimate of drug-likeness (QED) is 0.856. The number of benzene rings is 1. The first-order valence-corrected chi connectivity index (χ1v) is 8.44. The van der Waals surface area contributed by atoms with Crippen molar-refractivity contribution in [3.05, 3.63) is 23.8 Å². The van der Waals surface area contributed by atoms with E-state index in [0.29, 0.717) is 6.04 Å². The highest BCUT2D eigenvalue weighted by Gasteiger charge is 2.18. The first kappa shape index (κ1) is 14.7. The SMILES string of the molecule is CC1CCCC(NCc2cccc3c2OCCCO3)CC1. The smallest absolute Gasteiger partial charge is 0.165 e. The summed E-state index contributed by atoms with van der Waals surface area (Å²) in [5, 5.41) is 3.73. The highest BCUT2D eigenvalue weighted by Crippen LogP contribution is 2.33. The van der Waals surface area contributed by atoms with Gasteiger partial charge < -0.3 is 14.8 Å². The summed E-state index contributed by atoms with van der Waals surface area (Å²) < 4.78 is 11.7. The normalized spacial score (nSPS) is 26.0. The molecule has 1 aliphatic carbocycles. The molecule has 1 fully saturated rings. The first-order chi connectivity index (χ1) is 10.3. The van der Waals surface area contributed by atoms with Gasteiger partial charge in [0.15, 0.2) is 11.5 Å². The largest absolute Gasteiger partial charge is 0.490 e. The van der Waals surface area contributed by atoms with Crippen LogP contribution in [0.3, 0.4) is 0 Å². The third-order valence-electron chi connectivity index (χ3n) is 4.69. The van der Waals surface area contributed by atoms with Gasteiger partial charge in [0.2, 0.25) is 0 Å². The van der Waals surface area contributed by atoms with Crippen LogP contribution < -0.4 is 14.8 Å². The molecule has 0 radical (unpaired) electrons. The van der Waals surface area contributed by atoms with Gasteiger partial charge in [-0.3, -0.25) is 0 Å². The Hall–Kier alpha value is -1.22. The van der Waals surface area contributed by atoms with Crippen molar-refractivity contribution >= 4 is 0 Å². The van der Waals surface area contributed by atoms with E-state index in [4.69, 9.17) is 9.47 Å². The number of rotatable bonds is 3. The second-order valence-electron chi connectivity index (χ2n) is 6.49. The second kappa shape index (κ2) is 7.17. The van der Waals surface area contributed by atoms with Gasteiger partial charge in [-0.15, -0.1) is 0 Å². The summed E-state index contributed by atoms with van der Waals surface area (Å²) >= 11 is 0. The fraction of sp³-hybridized carbons (Fsp3) is 0.667. The Balaban J connectivity index is 1.62. The van der Waals surface area contributed by atoms with Crippen LogP contribution in [0, 0.1) is 5.92 Å². The molecule has 1 heterocycles. The number of nitrogens with one attached hydrogen (secondary N) is 1. The Morgan fingerprint density at radius 2 is 1.95 bits per heavy atom. The molecule has 3 heteroatoms. The summed E-state index contributed by atoms with van der Waals surface area (Å²) in [7, 11) is 0. The predicted molar refractivity (Wildman–Crippen MR) is 84.9 cm³/mol. The minimum absolute atomic E-state index is 0.650. The van der Waals surface area contributed by atoms with Crippen molar-refractivity contribution in [2.75, 3.05) is 13.2 Å². The molecule has 0 bridgehead atoms. The van der Waals surface area contributed by atoms with E-state index in [2.05, 4.69) is 24.4 Å². The van der Waals surface area contributed by atoms with Crippen LogP contribution in [-0.2, 0) is 6.54 Å². The van der Waals surface area contributed by atoms with Gasteiger partial charge in [-0.05, 0) is 31.2 Å². The molecule has 3 rings (SSSR count). The Morgan fingerprint density at radius 1 is 1.05 bits per heavy atom. The molecule has 1 aromatic rings. The Bertz CT molecular complexity index is 461. The van der Waals surface area contributed by atoms with E-state index in [1.54, 1.807) is 0 Å². The van der Waals surface area contributed by atoms with Crippen molar-refractivity contribution in [2.24, 2.45) is 5.92 Å². The zero-order valence-electron chi connectivity index (χ0n) is 13.1. The molecule has 0 aromatic heterocycles. The Morgan fingerprint density at radius 3 is 2.90 bits per heavy atom. The summed E-state index contributed by atoms with van der Waals surface area (Å²) in [6.45, 7) is 4.77. The monoisotopic (exact) mass is 289 g/mol. The van der Waals surface area contributed by atoms with E-state index in [1.807, 2.05) is 6.07 Å². The van der Waals surface area contributed by atoms with E-state index in [9.17, 15) is 0 Å². The topological polar surface area (TPSA) is 30.5 Å². The average Bonchev–Trinajstić information content (AvgIpc) is 2.85. The molecule has 1 saturated carbocycles. The number of hydrogen-bond acceptors (Lipinski definition) is 3. The summed E-state index contributed by atoms with van der Waals surface area (Å²) in [5.41, 5.74) is 1.23. The van der Waals surface area contributed by atoms with Crippen LogP contribution in [0.2, 0.25) is 0 Å². The Kier molecular flexibility index (Phi) is 5.02. The third-order valence-corrected chi connectivity index (χ3v) is 4.69. The van der Waals surface area contributed by atoms with Gasteiger partial charge in [0.25, 0.3) is 0 Å². The van der Waals surface area contributed by atoms with Crippen LogP contribution in [0.4, 0.5) is 0 Å². The van der Waals surface area contributed by atoms with E-state index >= 15 is 0 Å². The summed E-state index contributed by atoms with van der Waals surface area (Å²) in [6.07, 6.45) is 7.65. The zero-order chi connectivity index (χ0) is 14.5. The highest BCUT2D eigenvalue weighted by molar-refractivity contribution is 5.47. The molecule has 21 heavy (non-hydrogen) atoms. The molecule has 1 aromatic carbocycles. The minimum atomic E-state index is 0.650. The molecule has 0 spiro atoms. The molecule has 116 valence electrons. The molecule has 1 aliphatic heterocycles. The molecule has 1 N–H and O–H groups in total. The van der Waals surface area contributed by atoms with E-state index in [-0.39, 0.29) is 0 Å². The van der Waals surface area contributed by atoms with E-state index < -0.39 is 0 Å². The Labute approximate surface area is 128 Å². The molecule has 0 amide bonds. The van der Waals surface area contributed by atoms with Gasteiger partial charge in [-0.2, -0.15) is 0 Å². The van der Waals surface area contributed by atoms with Crippen molar-refractivity contribution in [3.63, 3.8) is 0 Å². The molecular weight excluding hydrogens is 262 g/mol. The molecule has 3 nitrogen and oxygen atoms in total. The van der Waals surface area contributed by atoms with Gasteiger partial charge in [-0.1, -0.05) is 31.9 Å². The zero-order valence-corrected chi connectivity index (χ0v) is 13.1. The number of para-hydroxylation sites is 1. The predicted octanol–water partition coefficient (Wildman–Crippen LogP) is 3.91. The van der Waals surface area contributed by atoms with Crippen molar-refractivity contribution < 1.29 is 9.47 Å². The number of hydrogen-bond donors (Lipinski definition) is 1. The molecule has 2 unspecified atom stereocenters. The average molecular weight is 289 g/mol. The van der Waals surface area contributed by atoms with Gasteiger partial charge >= 0.3 is 0 Å². The van der Waals surface area contributed by atoms with E-state index in [0.717, 1.165) is 43.6 Å². The van der Waals surface area contributed by atoms with Crippen molar-refractivity contribution in [3.8, 4) is 11.5 Å². The van der Waals surface area contributed by atoms with Crippen LogP contribution in [0.15, 0.2) is 18.2 Å². The van der Waals surface area contributed by atoms with Gasteiger partial charge in [0.1, 0.15) is 0 Å². The van der Waals surface area contributed by atoms with Gasteiger partial charge in [0, 0.05) is 24.6 Å². The highest BCUT2D eigenvalue weighted by atomic mass is 16.5. The second-order valence-corrected chi connectivity index (χ2v) is 6.49. The van der Waals surface area contributed by atoms with Crippen molar-refractivity contribution in [1.29, 1.82) is 0 Å². The lowest BCUT2D eigenvalue weighted by molar-refractivity contribution is 0.295. The fourth-order valence-corrected chi connectivity index (χ4v) is 3.34. The van der Waals surface area contributed by atoms with Gasteiger partial charge in [0.05, 0.1) is 13.2 Å². The van der Waals surface area contributed by atoms with E-state index in [1.165, 1.54) is 37.7 Å². The van der Waals surface area contributed by atoms with Crippen molar-refractivity contribution in [1.82, 2.24) is 5.32 Å². The van der Waals surface area contributed by atoms with Crippen LogP contribution in [0.25, 0.3) is 0 Å². The van der Waals surface area contributed by atoms with Crippen LogP contribution in [0.1, 0.15) is 51.0 Å². The third kappa shape index (κ3) is 3.91. The summed E-state index contributed by atoms with van der Waals surface area (Å²) in [4.78, 5) is 0. The maximum atomic E-state index is 5.90. The summed E-state index contributed by atoms with van der Waals surface area (Å²) in [6, 6.07) is 6.88. The lowest BCUT2D eigenvalue weighted by atomic mass is 10.0. The lowest BCUT2D eigenvalue weighted by Crippen LogP contribution is -2.28. The fourth-order valence-electron chi connectivity index (χ4n) is 3.34. The first-order valence-electron chi connectivity index (χ1n) is 8.44. The standard InChI is InChI=1S/C18H27NO2/c1-14-5-2-7-16(10-9-14)19-13-15-6-3-8-17-18(15)21-12-4-11-20-17/h3,6,8,14,16,19H,2,4-5,7,9-13H2,1H3. The van der Waals surface area contributed by atoms with Crippen LogP contribution in [-0.4, -0.2) is 19.3 Å². The lowest BCUT2D eigenvalue weighted by Gasteiger charge is -2.18. The van der Waals surface area contributed by atoms with Crippen LogP contribution >= 0.6 is 0 Å². The number of fused-ring (bicyclic) bond motifs is 1. The molecule has 2 atom stereocenters. The molecular formula is C18H27NO2.